The summed E-state index contributed by atoms with van der Waals surface area (Å²) in [6, 6.07) is 6.45. The largest absolute Gasteiger partial charge is 0.368 e. The van der Waals surface area contributed by atoms with Crippen molar-refractivity contribution in [1.29, 1.82) is 0 Å². The second-order valence-corrected chi connectivity index (χ2v) is 6.59. The normalized spacial score (nSPS) is 28.7. The van der Waals surface area contributed by atoms with E-state index in [1.165, 1.54) is 5.69 Å². The van der Waals surface area contributed by atoms with Crippen molar-refractivity contribution in [2.75, 3.05) is 24.5 Å². The van der Waals surface area contributed by atoms with E-state index in [4.69, 9.17) is 5.73 Å². The van der Waals surface area contributed by atoms with Crippen LogP contribution in [0.15, 0.2) is 22.7 Å². The summed E-state index contributed by atoms with van der Waals surface area (Å²) in [5, 5.41) is 3.50. The highest BCUT2D eigenvalue weighted by Gasteiger charge is 2.43. The quantitative estimate of drug-likeness (QED) is 0.886. The summed E-state index contributed by atoms with van der Waals surface area (Å²) in [5.41, 5.74) is 7.08. The molecule has 1 aromatic carbocycles. The SMILES string of the molecule is CCC1C2CNCC2CN1c1ccc(C(N)=O)c(Br)c1. The van der Waals surface area contributed by atoms with Gasteiger partial charge in [-0.05, 0) is 52.4 Å². The minimum absolute atomic E-state index is 0.391. The number of rotatable bonds is 3. The maximum Gasteiger partial charge on any atom is 0.249 e. The predicted molar refractivity (Wildman–Crippen MR) is 83.9 cm³/mol. The van der Waals surface area contributed by atoms with E-state index in [0.717, 1.165) is 42.4 Å². The highest BCUT2D eigenvalue weighted by atomic mass is 79.9. The fraction of sp³-hybridized carbons (Fsp3) is 0.533. The molecule has 0 aromatic heterocycles. The van der Waals surface area contributed by atoms with Crippen molar-refractivity contribution in [2.24, 2.45) is 17.6 Å². The maximum absolute atomic E-state index is 11.3. The van der Waals surface area contributed by atoms with Gasteiger partial charge in [0.25, 0.3) is 0 Å². The molecule has 0 radical (unpaired) electrons. The van der Waals surface area contributed by atoms with Crippen molar-refractivity contribution in [2.45, 2.75) is 19.4 Å². The molecule has 20 heavy (non-hydrogen) atoms. The summed E-state index contributed by atoms with van der Waals surface area (Å²) in [4.78, 5) is 13.8. The predicted octanol–water partition coefficient (Wildman–Crippen LogP) is 1.98. The highest BCUT2D eigenvalue weighted by Crippen LogP contribution is 2.38. The summed E-state index contributed by atoms with van der Waals surface area (Å²) in [6.07, 6.45) is 1.15. The lowest BCUT2D eigenvalue weighted by molar-refractivity contribution is 0.0999. The van der Waals surface area contributed by atoms with Gasteiger partial charge in [-0.15, -0.1) is 0 Å². The molecule has 3 N–H and O–H groups in total. The number of primary amides is 1. The zero-order valence-corrected chi connectivity index (χ0v) is 13.2. The van der Waals surface area contributed by atoms with Gasteiger partial charge < -0.3 is 16.0 Å². The van der Waals surface area contributed by atoms with Crippen LogP contribution in [0.5, 0.6) is 0 Å². The summed E-state index contributed by atoms with van der Waals surface area (Å²) < 4.78 is 0.785. The third kappa shape index (κ3) is 2.23. The van der Waals surface area contributed by atoms with Crippen LogP contribution < -0.4 is 16.0 Å². The van der Waals surface area contributed by atoms with Gasteiger partial charge in [-0.3, -0.25) is 4.79 Å². The lowest BCUT2D eigenvalue weighted by atomic mass is 9.93. The number of hydrogen-bond donors (Lipinski definition) is 2. The number of halogens is 1. The van der Waals surface area contributed by atoms with Crippen molar-refractivity contribution in [3.8, 4) is 0 Å². The van der Waals surface area contributed by atoms with Gasteiger partial charge in [0.2, 0.25) is 5.91 Å². The number of benzene rings is 1. The molecule has 2 aliphatic rings. The molecule has 5 heteroatoms. The van der Waals surface area contributed by atoms with Crippen LogP contribution in [-0.4, -0.2) is 31.6 Å². The van der Waals surface area contributed by atoms with Gasteiger partial charge in [-0.25, -0.2) is 0 Å². The molecule has 0 saturated carbocycles. The van der Waals surface area contributed by atoms with Crippen LogP contribution in [0, 0.1) is 11.8 Å². The number of fused-ring (bicyclic) bond motifs is 1. The smallest absolute Gasteiger partial charge is 0.249 e. The molecule has 1 amide bonds. The lowest BCUT2D eigenvalue weighted by Crippen LogP contribution is -2.35. The Morgan fingerprint density at radius 2 is 2.30 bits per heavy atom. The van der Waals surface area contributed by atoms with E-state index in [-0.39, 0.29) is 0 Å². The van der Waals surface area contributed by atoms with Gasteiger partial charge in [-0.2, -0.15) is 0 Å². The number of nitrogens with two attached hydrogens (primary N) is 1. The Balaban J connectivity index is 1.89. The van der Waals surface area contributed by atoms with E-state index in [9.17, 15) is 4.79 Å². The van der Waals surface area contributed by atoms with E-state index >= 15 is 0 Å². The average molecular weight is 338 g/mol. The van der Waals surface area contributed by atoms with Crippen LogP contribution in [0.1, 0.15) is 23.7 Å². The second kappa shape index (κ2) is 5.37. The molecule has 3 atom stereocenters. The molecule has 1 aromatic rings. The molecule has 0 spiro atoms. The molecule has 3 rings (SSSR count). The Morgan fingerprint density at radius 3 is 2.95 bits per heavy atom. The average Bonchev–Trinajstić information content (AvgIpc) is 2.97. The standard InChI is InChI=1S/C15H20BrN3O/c1-2-14-12-7-18-6-9(12)8-19(14)10-3-4-11(15(17)20)13(16)5-10/h3-5,9,12,14,18H,2,6-8H2,1H3,(H2,17,20). The molecule has 3 unspecified atom stereocenters. The molecule has 2 heterocycles. The number of amides is 1. The molecule has 0 aliphatic carbocycles. The Labute approximate surface area is 127 Å². The first-order valence-electron chi connectivity index (χ1n) is 7.18. The van der Waals surface area contributed by atoms with E-state index in [1.807, 2.05) is 18.2 Å². The molecule has 0 bridgehead atoms. The van der Waals surface area contributed by atoms with Gasteiger partial charge in [0.1, 0.15) is 0 Å². The third-order valence-corrected chi connectivity index (χ3v) is 5.34. The minimum Gasteiger partial charge on any atom is -0.368 e. The summed E-state index contributed by atoms with van der Waals surface area (Å²) >= 11 is 3.46. The number of nitrogens with one attached hydrogen (secondary N) is 1. The van der Waals surface area contributed by atoms with Crippen molar-refractivity contribution < 1.29 is 4.79 Å². The monoisotopic (exact) mass is 337 g/mol. The van der Waals surface area contributed by atoms with E-state index in [2.05, 4.69) is 33.1 Å². The van der Waals surface area contributed by atoms with Crippen LogP contribution in [0.2, 0.25) is 0 Å². The molecular formula is C15H20BrN3O. The van der Waals surface area contributed by atoms with Crippen LogP contribution in [0.3, 0.4) is 0 Å². The maximum atomic E-state index is 11.3. The van der Waals surface area contributed by atoms with Gasteiger partial charge in [0, 0.05) is 35.8 Å². The Kier molecular flexibility index (Phi) is 3.73. The van der Waals surface area contributed by atoms with Crippen molar-refractivity contribution in [3.05, 3.63) is 28.2 Å². The number of nitrogens with zero attached hydrogens (tertiary/aromatic N) is 1. The first-order chi connectivity index (χ1) is 9.61. The van der Waals surface area contributed by atoms with E-state index in [0.29, 0.717) is 11.6 Å². The fourth-order valence-electron chi connectivity index (χ4n) is 3.73. The van der Waals surface area contributed by atoms with Crippen molar-refractivity contribution in [3.63, 3.8) is 0 Å². The summed E-state index contributed by atoms with van der Waals surface area (Å²) in [7, 11) is 0. The van der Waals surface area contributed by atoms with Gasteiger partial charge >= 0.3 is 0 Å². The molecular weight excluding hydrogens is 318 g/mol. The summed E-state index contributed by atoms with van der Waals surface area (Å²) in [6.45, 7) is 5.60. The number of anilines is 1. The fourth-order valence-corrected chi connectivity index (χ4v) is 4.29. The Hall–Kier alpha value is -1.07. The van der Waals surface area contributed by atoms with E-state index < -0.39 is 5.91 Å². The van der Waals surface area contributed by atoms with E-state index in [1.54, 1.807) is 0 Å². The van der Waals surface area contributed by atoms with Crippen LogP contribution in [-0.2, 0) is 0 Å². The Bertz CT molecular complexity index is 534. The first-order valence-corrected chi connectivity index (χ1v) is 7.97. The number of carbonyl (C=O) groups is 1. The summed E-state index contributed by atoms with van der Waals surface area (Å²) in [5.74, 6) is 1.10. The first kappa shape index (κ1) is 13.9. The zero-order chi connectivity index (χ0) is 14.3. The number of carbonyl (C=O) groups excluding carboxylic acids is 1. The van der Waals surface area contributed by atoms with Gasteiger partial charge in [-0.1, -0.05) is 6.92 Å². The molecule has 4 nitrogen and oxygen atoms in total. The minimum atomic E-state index is -0.391. The molecule has 2 fully saturated rings. The zero-order valence-electron chi connectivity index (χ0n) is 11.6. The van der Waals surface area contributed by atoms with Crippen LogP contribution in [0.4, 0.5) is 5.69 Å². The van der Waals surface area contributed by atoms with Gasteiger partial charge in [0.15, 0.2) is 0 Å². The lowest BCUT2D eigenvalue weighted by Gasteiger charge is -2.29. The Morgan fingerprint density at radius 1 is 1.50 bits per heavy atom. The van der Waals surface area contributed by atoms with Crippen LogP contribution in [0.25, 0.3) is 0 Å². The topological polar surface area (TPSA) is 58.4 Å². The van der Waals surface area contributed by atoms with Crippen LogP contribution >= 0.6 is 15.9 Å². The molecule has 2 aliphatic heterocycles. The van der Waals surface area contributed by atoms with Gasteiger partial charge in [0.05, 0.1) is 5.56 Å². The highest BCUT2D eigenvalue weighted by molar-refractivity contribution is 9.10. The number of hydrogen-bond acceptors (Lipinski definition) is 3. The molecule has 2 saturated heterocycles. The molecule has 108 valence electrons. The van der Waals surface area contributed by atoms with Crippen molar-refractivity contribution >= 4 is 27.5 Å². The third-order valence-electron chi connectivity index (χ3n) is 4.69. The second-order valence-electron chi connectivity index (χ2n) is 5.74. The van der Waals surface area contributed by atoms with Crippen molar-refractivity contribution in [1.82, 2.24) is 5.32 Å².